The first-order valence-electron chi connectivity index (χ1n) is 4.00. The average Bonchev–Trinajstić information content (AvgIpc) is 2.19. The van der Waals surface area contributed by atoms with Gasteiger partial charge in [-0.25, -0.2) is 0 Å². The van der Waals surface area contributed by atoms with Crippen LogP contribution in [0.3, 0.4) is 0 Å². The number of carbonyl (C=O) groups is 1. The van der Waals surface area contributed by atoms with E-state index in [4.69, 9.17) is 0 Å². The quantitative estimate of drug-likeness (QED) is 0.486. The molecule has 1 rings (SSSR count). The van der Waals surface area contributed by atoms with E-state index in [1.807, 2.05) is 30.3 Å². The molecule has 0 bridgehead atoms. The largest absolute Gasteiger partial charge is 0.469 e. The van der Waals surface area contributed by atoms with Gasteiger partial charge in [0.15, 0.2) is 0 Å². The van der Waals surface area contributed by atoms with Gasteiger partial charge in [0.2, 0.25) is 0 Å². The van der Waals surface area contributed by atoms with E-state index >= 15 is 0 Å². The van der Waals surface area contributed by atoms with Crippen LogP contribution in [0.1, 0.15) is 15.9 Å². The Hall–Kier alpha value is -0.580. The van der Waals surface area contributed by atoms with Crippen LogP contribution in [0.2, 0.25) is 0 Å². The second kappa shape index (κ2) is 5.21. The maximum Gasteiger partial charge on any atom is 0.306 e. The highest BCUT2D eigenvalue weighted by Gasteiger charge is 2.11. The summed E-state index contributed by atoms with van der Waals surface area (Å²) >= 11 is 2.25. The minimum Gasteiger partial charge on any atom is -0.469 e. The van der Waals surface area contributed by atoms with E-state index in [9.17, 15) is 4.79 Å². The maximum atomic E-state index is 11.0. The second-order valence-electron chi connectivity index (χ2n) is 2.66. The molecule has 1 aromatic carbocycles. The van der Waals surface area contributed by atoms with Crippen molar-refractivity contribution < 1.29 is 9.53 Å². The van der Waals surface area contributed by atoms with Crippen molar-refractivity contribution in [2.75, 3.05) is 7.11 Å². The Kier molecular flexibility index (Phi) is 4.21. The van der Waals surface area contributed by atoms with Crippen LogP contribution in [0.4, 0.5) is 0 Å². The van der Waals surface area contributed by atoms with Gasteiger partial charge in [0.05, 0.1) is 13.5 Å². The van der Waals surface area contributed by atoms with Gasteiger partial charge < -0.3 is 4.74 Å². The summed E-state index contributed by atoms with van der Waals surface area (Å²) in [6, 6.07) is 9.93. The van der Waals surface area contributed by atoms with Gasteiger partial charge in [-0.05, 0) is 5.56 Å². The molecule has 0 amide bonds. The van der Waals surface area contributed by atoms with E-state index in [0.29, 0.717) is 6.42 Å². The lowest BCUT2D eigenvalue weighted by atomic mass is 10.1. The third-order valence-electron chi connectivity index (χ3n) is 1.73. The number of rotatable bonds is 3. The molecule has 3 heteroatoms. The van der Waals surface area contributed by atoms with Gasteiger partial charge in [-0.15, -0.1) is 0 Å². The number of alkyl halides is 1. The smallest absolute Gasteiger partial charge is 0.306 e. The molecule has 0 N–H and O–H groups in total. The molecule has 1 atom stereocenters. The van der Waals surface area contributed by atoms with Crippen LogP contribution >= 0.6 is 22.6 Å². The van der Waals surface area contributed by atoms with E-state index in [-0.39, 0.29) is 9.89 Å². The van der Waals surface area contributed by atoms with Gasteiger partial charge in [-0.1, -0.05) is 52.9 Å². The van der Waals surface area contributed by atoms with Crippen LogP contribution in [-0.4, -0.2) is 13.1 Å². The van der Waals surface area contributed by atoms with Crippen LogP contribution < -0.4 is 0 Å². The van der Waals surface area contributed by atoms with E-state index in [2.05, 4.69) is 27.3 Å². The summed E-state index contributed by atoms with van der Waals surface area (Å²) in [6.07, 6.45) is 0.432. The van der Waals surface area contributed by atoms with Gasteiger partial charge in [0.1, 0.15) is 0 Å². The van der Waals surface area contributed by atoms with Crippen molar-refractivity contribution >= 4 is 28.6 Å². The Morgan fingerprint density at radius 2 is 2.08 bits per heavy atom. The Morgan fingerprint density at radius 1 is 1.46 bits per heavy atom. The monoisotopic (exact) mass is 290 g/mol. The molecule has 70 valence electrons. The van der Waals surface area contributed by atoms with E-state index in [1.165, 1.54) is 7.11 Å². The topological polar surface area (TPSA) is 26.3 Å². The van der Waals surface area contributed by atoms with Crippen molar-refractivity contribution in [1.29, 1.82) is 0 Å². The molecule has 0 saturated heterocycles. The van der Waals surface area contributed by atoms with Gasteiger partial charge in [-0.2, -0.15) is 0 Å². The summed E-state index contributed by atoms with van der Waals surface area (Å²) in [6.45, 7) is 0. The molecular weight excluding hydrogens is 279 g/mol. The Balaban J connectivity index is 2.59. The number of hydrogen-bond donors (Lipinski definition) is 0. The molecule has 0 aliphatic rings. The van der Waals surface area contributed by atoms with Crippen molar-refractivity contribution in [1.82, 2.24) is 0 Å². The van der Waals surface area contributed by atoms with Crippen molar-refractivity contribution in [2.45, 2.75) is 10.3 Å². The number of benzene rings is 1. The summed E-state index contributed by atoms with van der Waals surface area (Å²) in [7, 11) is 1.41. The Morgan fingerprint density at radius 3 is 2.62 bits per heavy atom. The number of halogens is 1. The summed E-state index contributed by atoms with van der Waals surface area (Å²) in [5.74, 6) is -0.164. The van der Waals surface area contributed by atoms with Gasteiger partial charge in [0, 0.05) is 3.92 Å². The van der Waals surface area contributed by atoms with E-state index in [1.54, 1.807) is 0 Å². The normalized spacial score (nSPS) is 12.2. The summed E-state index contributed by atoms with van der Waals surface area (Å²) in [4.78, 5) is 11.0. The first-order chi connectivity index (χ1) is 6.24. The molecule has 0 radical (unpaired) electrons. The molecular formula is C10H11IO2. The minimum absolute atomic E-state index is 0.164. The lowest BCUT2D eigenvalue weighted by molar-refractivity contribution is -0.140. The zero-order valence-electron chi connectivity index (χ0n) is 7.37. The van der Waals surface area contributed by atoms with Crippen LogP contribution in [0.15, 0.2) is 30.3 Å². The third kappa shape index (κ3) is 3.34. The van der Waals surface area contributed by atoms with Crippen LogP contribution in [0.25, 0.3) is 0 Å². The zero-order valence-corrected chi connectivity index (χ0v) is 9.52. The lowest BCUT2D eigenvalue weighted by Crippen LogP contribution is -2.03. The highest BCUT2D eigenvalue weighted by molar-refractivity contribution is 14.1. The number of methoxy groups -OCH3 is 1. The van der Waals surface area contributed by atoms with Crippen molar-refractivity contribution in [3.05, 3.63) is 35.9 Å². The number of ether oxygens (including phenoxy) is 1. The summed E-state index contributed by atoms with van der Waals surface area (Å²) in [5.41, 5.74) is 1.16. The molecule has 13 heavy (non-hydrogen) atoms. The fourth-order valence-corrected chi connectivity index (χ4v) is 1.78. The first-order valence-corrected chi connectivity index (χ1v) is 5.24. The van der Waals surface area contributed by atoms with Crippen molar-refractivity contribution in [3.8, 4) is 0 Å². The molecule has 0 saturated carbocycles. The SMILES string of the molecule is COC(=O)CC(I)c1ccccc1. The molecule has 0 aliphatic carbocycles. The van der Waals surface area contributed by atoms with E-state index in [0.717, 1.165) is 5.56 Å². The molecule has 0 heterocycles. The predicted octanol–water partition coefficient (Wildman–Crippen LogP) is 2.73. The van der Waals surface area contributed by atoms with E-state index < -0.39 is 0 Å². The minimum atomic E-state index is -0.164. The third-order valence-corrected chi connectivity index (χ3v) is 2.89. The van der Waals surface area contributed by atoms with Gasteiger partial charge in [0.25, 0.3) is 0 Å². The summed E-state index contributed by atoms with van der Waals surface area (Å²) in [5, 5.41) is 0. The lowest BCUT2D eigenvalue weighted by Gasteiger charge is -2.07. The molecule has 0 fully saturated rings. The number of hydrogen-bond acceptors (Lipinski definition) is 2. The number of carbonyl (C=O) groups excluding carboxylic acids is 1. The predicted molar refractivity (Wildman–Crippen MR) is 59.8 cm³/mol. The highest BCUT2D eigenvalue weighted by atomic mass is 127. The van der Waals surface area contributed by atoms with Crippen LogP contribution in [0.5, 0.6) is 0 Å². The highest BCUT2D eigenvalue weighted by Crippen LogP contribution is 2.26. The Labute approximate surface area is 91.4 Å². The van der Waals surface area contributed by atoms with Gasteiger partial charge >= 0.3 is 5.97 Å². The zero-order chi connectivity index (χ0) is 9.68. The average molecular weight is 290 g/mol. The second-order valence-corrected chi connectivity index (χ2v) is 4.16. The molecule has 2 nitrogen and oxygen atoms in total. The molecule has 0 aliphatic heterocycles. The first kappa shape index (κ1) is 10.5. The fraction of sp³-hybridized carbons (Fsp3) is 0.300. The molecule has 0 spiro atoms. The van der Waals surface area contributed by atoms with Crippen LogP contribution in [0, 0.1) is 0 Å². The fourth-order valence-electron chi connectivity index (χ4n) is 1.01. The summed E-state index contributed by atoms with van der Waals surface area (Å²) < 4.78 is 4.80. The number of esters is 1. The molecule has 1 aromatic rings. The van der Waals surface area contributed by atoms with Crippen molar-refractivity contribution in [3.63, 3.8) is 0 Å². The standard InChI is InChI=1S/C10H11IO2/c1-13-10(12)7-9(11)8-5-3-2-4-6-8/h2-6,9H,7H2,1H3. The molecule has 1 unspecified atom stereocenters. The molecule has 0 aromatic heterocycles. The van der Waals surface area contributed by atoms with Crippen LogP contribution in [-0.2, 0) is 9.53 Å². The Bertz CT molecular complexity index is 272. The maximum absolute atomic E-state index is 11.0. The van der Waals surface area contributed by atoms with Gasteiger partial charge in [-0.3, -0.25) is 4.79 Å². The van der Waals surface area contributed by atoms with Crippen molar-refractivity contribution in [2.24, 2.45) is 0 Å².